The number of thiol groups is 1. The highest BCUT2D eigenvalue weighted by Crippen LogP contribution is 2.13. The molecule has 12 heavy (non-hydrogen) atoms. The van der Waals surface area contributed by atoms with Crippen molar-refractivity contribution in [3.8, 4) is 11.8 Å². The van der Waals surface area contributed by atoms with Crippen LogP contribution in [0.1, 0.15) is 12.5 Å². The van der Waals surface area contributed by atoms with E-state index in [0.29, 0.717) is 5.56 Å². The number of nitriles is 1. The minimum Gasteiger partial charge on any atom is -0.480 e. The summed E-state index contributed by atoms with van der Waals surface area (Å²) in [4.78, 5) is 0. The van der Waals surface area contributed by atoms with Crippen LogP contribution in [0.25, 0.3) is 0 Å². The van der Waals surface area contributed by atoms with Gasteiger partial charge in [0, 0.05) is 0 Å². The first-order chi connectivity index (χ1) is 5.72. The molecule has 0 saturated heterocycles. The summed E-state index contributed by atoms with van der Waals surface area (Å²) < 4.78 is 5.27. The first kappa shape index (κ1) is 8.95. The fourth-order valence-electron chi connectivity index (χ4n) is 0.805. The van der Waals surface area contributed by atoms with Crippen molar-refractivity contribution in [3.05, 3.63) is 29.8 Å². The highest BCUT2D eigenvalue weighted by Gasteiger charge is 1.96. The van der Waals surface area contributed by atoms with Crippen LogP contribution in [-0.4, -0.2) is 5.44 Å². The quantitative estimate of drug-likeness (QED) is 0.557. The van der Waals surface area contributed by atoms with Crippen LogP contribution >= 0.6 is 12.6 Å². The van der Waals surface area contributed by atoms with E-state index in [0.717, 1.165) is 5.75 Å². The Morgan fingerprint density at radius 3 is 2.42 bits per heavy atom. The van der Waals surface area contributed by atoms with Gasteiger partial charge in [0.05, 0.1) is 11.6 Å². The molecule has 1 atom stereocenters. The molecule has 0 N–H and O–H groups in total. The zero-order chi connectivity index (χ0) is 8.97. The second kappa shape index (κ2) is 4.03. The number of rotatable bonds is 2. The summed E-state index contributed by atoms with van der Waals surface area (Å²) in [7, 11) is 0. The molecule has 0 radical (unpaired) electrons. The van der Waals surface area contributed by atoms with Gasteiger partial charge in [0.1, 0.15) is 11.2 Å². The Morgan fingerprint density at radius 2 is 2.00 bits per heavy atom. The molecule has 1 rings (SSSR count). The van der Waals surface area contributed by atoms with Gasteiger partial charge in [0.25, 0.3) is 0 Å². The number of hydrogen-bond acceptors (Lipinski definition) is 3. The Balaban J connectivity index is 2.73. The van der Waals surface area contributed by atoms with Crippen LogP contribution < -0.4 is 4.74 Å². The first-order valence-electron chi connectivity index (χ1n) is 3.57. The Morgan fingerprint density at radius 1 is 1.42 bits per heavy atom. The van der Waals surface area contributed by atoms with Crippen molar-refractivity contribution in [1.82, 2.24) is 0 Å². The van der Waals surface area contributed by atoms with E-state index in [1.807, 2.05) is 13.0 Å². The van der Waals surface area contributed by atoms with Crippen LogP contribution in [0, 0.1) is 11.3 Å². The molecule has 0 bridgehead atoms. The van der Waals surface area contributed by atoms with Crippen molar-refractivity contribution < 1.29 is 4.74 Å². The van der Waals surface area contributed by atoms with Gasteiger partial charge in [-0.05, 0) is 31.2 Å². The van der Waals surface area contributed by atoms with Gasteiger partial charge in [-0.25, -0.2) is 0 Å². The van der Waals surface area contributed by atoms with Gasteiger partial charge in [-0.1, -0.05) is 0 Å². The standard InChI is InChI=1S/C9H9NOS/c1-7(12)11-9-4-2-8(6-10)3-5-9/h2-5,7,12H,1H3. The summed E-state index contributed by atoms with van der Waals surface area (Å²) in [6.45, 7) is 1.83. The first-order valence-corrected chi connectivity index (χ1v) is 4.09. The molecule has 0 aliphatic heterocycles. The fourth-order valence-corrected chi connectivity index (χ4v) is 0.927. The summed E-state index contributed by atoms with van der Waals surface area (Å²) in [5, 5.41) is 8.50. The van der Waals surface area contributed by atoms with Gasteiger partial charge in [-0.2, -0.15) is 5.26 Å². The molecule has 0 fully saturated rings. The van der Waals surface area contributed by atoms with Gasteiger partial charge in [0.15, 0.2) is 0 Å². The van der Waals surface area contributed by atoms with Crippen LogP contribution in [-0.2, 0) is 0 Å². The van der Waals surface area contributed by atoms with E-state index >= 15 is 0 Å². The maximum Gasteiger partial charge on any atom is 0.138 e. The van der Waals surface area contributed by atoms with Crippen molar-refractivity contribution in [2.24, 2.45) is 0 Å². The molecule has 0 aliphatic rings. The van der Waals surface area contributed by atoms with Gasteiger partial charge in [-0.15, -0.1) is 12.6 Å². The van der Waals surface area contributed by atoms with E-state index in [1.54, 1.807) is 24.3 Å². The molecule has 0 heterocycles. The number of nitrogens with zero attached hydrogens (tertiary/aromatic N) is 1. The smallest absolute Gasteiger partial charge is 0.138 e. The maximum absolute atomic E-state index is 8.50. The highest BCUT2D eigenvalue weighted by atomic mass is 32.1. The van der Waals surface area contributed by atoms with Crippen molar-refractivity contribution in [3.63, 3.8) is 0 Å². The van der Waals surface area contributed by atoms with Crippen molar-refractivity contribution >= 4 is 12.6 Å². The largest absolute Gasteiger partial charge is 0.480 e. The number of benzene rings is 1. The summed E-state index contributed by atoms with van der Waals surface area (Å²) in [6, 6.07) is 8.97. The van der Waals surface area contributed by atoms with E-state index in [2.05, 4.69) is 12.6 Å². The minimum absolute atomic E-state index is 0.127. The number of ether oxygens (including phenoxy) is 1. The van der Waals surface area contributed by atoms with Crippen molar-refractivity contribution in [2.45, 2.75) is 12.4 Å². The Labute approximate surface area is 77.2 Å². The average Bonchev–Trinajstić information content (AvgIpc) is 2.05. The molecule has 0 saturated carbocycles. The van der Waals surface area contributed by atoms with Crippen molar-refractivity contribution in [1.29, 1.82) is 5.26 Å². The third kappa shape index (κ3) is 2.48. The van der Waals surface area contributed by atoms with E-state index in [4.69, 9.17) is 10.00 Å². The van der Waals surface area contributed by atoms with E-state index < -0.39 is 0 Å². The molecular weight excluding hydrogens is 170 g/mol. The van der Waals surface area contributed by atoms with E-state index in [9.17, 15) is 0 Å². The molecule has 1 aromatic rings. The summed E-state index contributed by atoms with van der Waals surface area (Å²) >= 11 is 4.07. The van der Waals surface area contributed by atoms with Gasteiger partial charge in [0.2, 0.25) is 0 Å². The predicted molar refractivity (Wildman–Crippen MR) is 50.2 cm³/mol. The normalized spacial score (nSPS) is 11.8. The zero-order valence-electron chi connectivity index (χ0n) is 6.69. The molecule has 3 heteroatoms. The van der Waals surface area contributed by atoms with Crippen molar-refractivity contribution in [2.75, 3.05) is 0 Å². The topological polar surface area (TPSA) is 33.0 Å². The predicted octanol–water partition coefficient (Wildman–Crippen LogP) is 2.21. The molecule has 2 nitrogen and oxygen atoms in total. The lowest BCUT2D eigenvalue weighted by Crippen LogP contribution is -2.01. The summed E-state index contributed by atoms with van der Waals surface area (Å²) in [6.07, 6.45) is 0. The third-order valence-corrected chi connectivity index (χ3v) is 1.40. The van der Waals surface area contributed by atoms with Gasteiger partial charge >= 0.3 is 0 Å². The molecule has 0 aliphatic carbocycles. The summed E-state index contributed by atoms with van der Waals surface area (Å²) in [5.74, 6) is 0.733. The van der Waals surface area contributed by atoms with E-state index in [-0.39, 0.29) is 5.44 Å². The van der Waals surface area contributed by atoms with Gasteiger partial charge in [-0.3, -0.25) is 0 Å². The SMILES string of the molecule is CC(S)Oc1ccc(C#N)cc1. The molecule has 1 unspecified atom stereocenters. The Bertz CT molecular complexity index is 286. The molecule has 62 valence electrons. The maximum atomic E-state index is 8.50. The molecule has 0 aromatic heterocycles. The monoisotopic (exact) mass is 179 g/mol. The number of hydrogen-bond donors (Lipinski definition) is 1. The minimum atomic E-state index is -0.127. The van der Waals surface area contributed by atoms with Crippen LogP contribution in [0.15, 0.2) is 24.3 Å². The zero-order valence-corrected chi connectivity index (χ0v) is 7.58. The molecule has 0 amide bonds. The fraction of sp³-hybridized carbons (Fsp3) is 0.222. The molecule has 0 spiro atoms. The van der Waals surface area contributed by atoms with Crippen LogP contribution in [0.3, 0.4) is 0 Å². The second-order valence-corrected chi connectivity index (χ2v) is 3.08. The van der Waals surface area contributed by atoms with Crippen LogP contribution in [0.5, 0.6) is 5.75 Å². The van der Waals surface area contributed by atoms with Crippen LogP contribution in [0.2, 0.25) is 0 Å². The Kier molecular flexibility index (Phi) is 3.01. The molecular formula is C9H9NOS. The lowest BCUT2D eigenvalue weighted by Gasteiger charge is -2.07. The molecule has 1 aromatic carbocycles. The highest BCUT2D eigenvalue weighted by molar-refractivity contribution is 7.80. The van der Waals surface area contributed by atoms with E-state index in [1.165, 1.54) is 0 Å². The second-order valence-electron chi connectivity index (χ2n) is 2.35. The average molecular weight is 179 g/mol. The van der Waals surface area contributed by atoms with Gasteiger partial charge < -0.3 is 4.74 Å². The third-order valence-electron chi connectivity index (χ3n) is 1.29. The Hall–Kier alpha value is -1.14. The lowest BCUT2D eigenvalue weighted by atomic mass is 10.2. The van der Waals surface area contributed by atoms with Crippen LogP contribution in [0.4, 0.5) is 0 Å². The lowest BCUT2D eigenvalue weighted by molar-refractivity contribution is 0.310. The summed E-state index contributed by atoms with van der Waals surface area (Å²) in [5.41, 5.74) is 0.507.